The van der Waals surface area contributed by atoms with Crippen molar-refractivity contribution in [1.29, 1.82) is 0 Å². The van der Waals surface area contributed by atoms with Crippen LogP contribution in [-0.2, 0) is 19.3 Å². The first-order valence-corrected chi connectivity index (χ1v) is 13.1. The molecular formula is C29H24Cl2FN5. The first-order chi connectivity index (χ1) is 18.1. The Morgan fingerprint density at radius 3 is 2.62 bits per heavy atom. The molecule has 0 unspecified atom stereocenters. The molecule has 0 bridgehead atoms. The highest BCUT2D eigenvalue weighted by molar-refractivity contribution is 6.35. The number of halogens is 3. The Morgan fingerprint density at radius 2 is 1.81 bits per heavy atom. The third kappa shape index (κ3) is 4.56. The standard InChI is InChI=1S/C29H24Cl2FN5/c30-21-12-14-27(25(31)17-21)37-29-23-13-11-19(6-5-15-32)16-20(23)7-4-10-24(29)28(34-37)26-18-36(35-33-26)22-8-2-1-3-9-22/h1-3,8-9,11-14,16-18H,4-7,10,15H2. The zero-order valence-corrected chi connectivity index (χ0v) is 21.6. The third-order valence-corrected chi connectivity index (χ3v) is 7.31. The topological polar surface area (TPSA) is 48.5 Å². The molecule has 6 rings (SSSR count). The van der Waals surface area contributed by atoms with Crippen LogP contribution < -0.4 is 0 Å². The Bertz CT molecular complexity index is 1570. The average molecular weight is 532 g/mol. The van der Waals surface area contributed by atoms with Gasteiger partial charge in [-0.05, 0) is 73.6 Å². The van der Waals surface area contributed by atoms with Gasteiger partial charge in [0.25, 0.3) is 0 Å². The summed E-state index contributed by atoms with van der Waals surface area (Å²) >= 11 is 12.9. The maximum atomic E-state index is 12.8. The molecule has 5 aromatic rings. The second kappa shape index (κ2) is 10.1. The van der Waals surface area contributed by atoms with Crippen LogP contribution in [0.3, 0.4) is 0 Å². The van der Waals surface area contributed by atoms with Crippen LogP contribution >= 0.6 is 23.2 Å². The smallest absolute Gasteiger partial charge is 0.134 e. The largest absolute Gasteiger partial charge is 0.251 e. The lowest BCUT2D eigenvalue weighted by Gasteiger charge is -2.14. The van der Waals surface area contributed by atoms with Gasteiger partial charge in [-0.1, -0.05) is 64.8 Å². The number of benzene rings is 3. The number of aromatic nitrogens is 5. The first-order valence-electron chi connectivity index (χ1n) is 12.4. The fraction of sp³-hybridized carbons (Fsp3) is 0.207. The highest BCUT2D eigenvalue weighted by Gasteiger charge is 2.27. The van der Waals surface area contributed by atoms with Gasteiger partial charge in [-0.2, -0.15) is 5.10 Å². The van der Waals surface area contributed by atoms with Gasteiger partial charge in [0, 0.05) is 16.1 Å². The van der Waals surface area contributed by atoms with E-state index >= 15 is 0 Å². The van der Waals surface area contributed by atoms with E-state index < -0.39 is 0 Å². The van der Waals surface area contributed by atoms with Crippen LogP contribution in [0.15, 0.2) is 72.9 Å². The highest BCUT2D eigenvalue weighted by Crippen LogP contribution is 2.40. The summed E-state index contributed by atoms with van der Waals surface area (Å²) in [4.78, 5) is 0. The summed E-state index contributed by atoms with van der Waals surface area (Å²) in [6, 6.07) is 21.8. The zero-order chi connectivity index (χ0) is 25.4. The van der Waals surface area contributed by atoms with Crippen LogP contribution in [0, 0.1) is 0 Å². The Kier molecular flexibility index (Phi) is 6.53. The highest BCUT2D eigenvalue weighted by atomic mass is 35.5. The Morgan fingerprint density at radius 1 is 0.946 bits per heavy atom. The minimum absolute atomic E-state index is 0.309. The van der Waals surface area contributed by atoms with Gasteiger partial charge in [-0.3, -0.25) is 4.39 Å². The summed E-state index contributed by atoms with van der Waals surface area (Å²) in [6.45, 7) is -0.309. The minimum atomic E-state index is -0.309. The number of hydrogen-bond acceptors (Lipinski definition) is 3. The molecule has 1 aliphatic rings. The van der Waals surface area contributed by atoms with Crippen LogP contribution in [0.4, 0.5) is 4.39 Å². The Balaban J connectivity index is 1.54. The van der Waals surface area contributed by atoms with Crippen molar-refractivity contribution >= 4 is 23.2 Å². The lowest BCUT2D eigenvalue weighted by Crippen LogP contribution is -2.02. The van der Waals surface area contributed by atoms with Gasteiger partial charge in [0.05, 0.1) is 35.0 Å². The molecule has 8 heteroatoms. The molecule has 0 saturated heterocycles. The van der Waals surface area contributed by atoms with Crippen LogP contribution in [0.1, 0.15) is 29.5 Å². The van der Waals surface area contributed by atoms with Crippen molar-refractivity contribution < 1.29 is 4.39 Å². The number of hydrogen-bond donors (Lipinski definition) is 0. The SMILES string of the molecule is FCCCc1ccc2c(c1)CCCc1c(-c3cn(-c4ccccc4)nn3)nn(-c3ccc(Cl)cc3Cl)c1-2. The molecule has 0 spiro atoms. The van der Waals surface area contributed by atoms with Crippen molar-refractivity contribution in [3.63, 3.8) is 0 Å². The molecule has 3 aromatic carbocycles. The van der Waals surface area contributed by atoms with Crippen molar-refractivity contribution in [3.8, 4) is 34.0 Å². The van der Waals surface area contributed by atoms with Gasteiger partial charge >= 0.3 is 0 Å². The number of nitrogens with zero attached hydrogens (tertiary/aromatic N) is 5. The number of fused-ring (bicyclic) bond motifs is 3. The molecule has 2 heterocycles. The first kappa shape index (κ1) is 23.9. The molecule has 0 radical (unpaired) electrons. The quantitative estimate of drug-likeness (QED) is 0.228. The van der Waals surface area contributed by atoms with E-state index in [0.717, 1.165) is 65.1 Å². The molecule has 0 fully saturated rings. The van der Waals surface area contributed by atoms with E-state index in [1.165, 1.54) is 5.56 Å². The fourth-order valence-electron chi connectivity index (χ4n) is 5.04. The number of rotatable bonds is 6. The van der Waals surface area contributed by atoms with Gasteiger partial charge in [0.1, 0.15) is 11.4 Å². The molecule has 0 saturated carbocycles. The van der Waals surface area contributed by atoms with Crippen LogP contribution in [0.25, 0.3) is 34.0 Å². The number of para-hydroxylation sites is 1. The van der Waals surface area contributed by atoms with Crippen LogP contribution in [0.5, 0.6) is 0 Å². The molecule has 0 aliphatic heterocycles. The van der Waals surface area contributed by atoms with Crippen molar-refractivity contribution in [2.24, 2.45) is 0 Å². The lowest BCUT2D eigenvalue weighted by molar-refractivity contribution is 0.473. The van der Waals surface area contributed by atoms with Crippen molar-refractivity contribution in [2.75, 3.05) is 6.67 Å². The van der Waals surface area contributed by atoms with Crippen molar-refractivity contribution in [3.05, 3.63) is 99.7 Å². The Labute approximate surface area is 224 Å². The maximum absolute atomic E-state index is 12.8. The van der Waals surface area contributed by atoms with Gasteiger partial charge in [0.2, 0.25) is 0 Å². The summed E-state index contributed by atoms with van der Waals surface area (Å²) in [5.74, 6) is 0. The normalized spacial score (nSPS) is 12.7. The summed E-state index contributed by atoms with van der Waals surface area (Å²) in [7, 11) is 0. The van der Waals surface area contributed by atoms with Gasteiger partial charge in [-0.25, -0.2) is 9.36 Å². The van der Waals surface area contributed by atoms with Crippen LogP contribution in [-0.4, -0.2) is 31.4 Å². The van der Waals surface area contributed by atoms with E-state index in [1.807, 2.05) is 53.3 Å². The summed E-state index contributed by atoms with van der Waals surface area (Å²) < 4.78 is 16.5. The molecule has 2 aromatic heterocycles. The molecule has 0 atom stereocenters. The monoisotopic (exact) mass is 531 g/mol. The minimum Gasteiger partial charge on any atom is -0.251 e. The summed E-state index contributed by atoms with van der Waals surface area (Å²) in [6.07, 6.45) is 5.90. The molecule has 186 valence electrons. The molecule has 37 heavy (non-hydrogen) atoms. The molecule has 1 aliphatic carbocycles. The van der Waals surface area contributed by atoms with Crippen molar-refractivity contribution in [2.45, 2.75) is 32.1 Å². The lowest BCUT2D eigenvalue weighted by atomic mass is 9.97. The van der Waals surface area contributed by atoms with Gasteiger partial charge < -0.3 is 0 Å². The van der Waals surface area contributed by atoms with E-state index in [1.54, 1.807) is 10.7 Å². The number of alkyl halides is 1. The zero-order valence-electron chi connectivity index (χ0n) is 20.0. The molecular weight excluding hydrogens is 508 g/mol. The predicted molar refractivity (Wildman–Crippen MR) is 146 cm³/mol. The summed E-state index contributed by atoms with van der Waals surface area (Å²) in [5.41, 5.74) is 8.78. The third-order valence-electron chi connectivity index (χ3n) is 6.77. The Hall–Kier alpha value is -3.48. The summed E-state index contributed by atoms with van der Waals surface area (Å²) in [5, 5.41) is 15.0. The predicted octanol–water partition coefficient (Wildman–Crippen LogP) is 7.48. The molecule has 0 N–H and O–H groups in total. The second-order valence-electron chi connectivity index (χ2n) is 9.20. The molecule has 0 amide bonds. The average Bonchev–Trinajstić information content (AvgIpc) is 3.49. The van der Waals surface area contributed by atoms with Gasteiger partial charge in [0.15, 0.2) is 0 Å². The van der Waals surface area contributed by atoms with E-state index in [4.69, 9.17) is 28.3 Å². The number of aryl methyl sites for hydroxylation is 2. The van der Waals surface area contributed by atoms with Gasteiger partial charge in [-0.15, -0.1) is 5.10 Å². The second-order valence-corrected chi connectivity index (χ2v) is 10.0. The molecule has 5 nitrogen and oxygen atoms in total. The van der Waals surface area contributed by atoms with E-state index in [9.17, 15) is 4.39 Å². The van der Waals surface area contributed by atoms with E-state index in [-0.39, 0.29) is 6.67 Å². The van der Waals surface area contributed by atoms with Crippen molar-refractivity contribution in [1.82, 2.24) is 24.8 Å². The fourth-order valence-corrected chi connectivity index (χ4v) is 5.53. The van der Waals surface area contributed by atoms with Crippen LogP contribution in [0.2, 0.25) is 10.0 Å². The maximum Gasteiger partial charge on any atom is 0.134 e. The van der Waals surface area contributed by atoms with E-state index in [0.29, 0.717) is 22.2 Å². The van der Waals surface area contributed by atoms with E-state index in [2.05, 4.69) is 28.5 Å².